The van der Waals surface area contributed by atoms with Crippen molar-refractivity contribution < 1.29 is 4.74 Å². The molecular formula is C23H40O. The van der Waals surface area contributed by atoms with E-state index < -0.39 is 0 Å². The Kier molecular flexibility index (Phi) is 9.61. The smallest absolute Gasteiger partial charge is 0.0978 e. The fourth-order valence-corrected chi connectivity index (χ4v) is 4.42. The van der Waals surface area contributed by atoms with E-state index in [1.165, 1.54) is 77.0 Å². The first-order valence-corrected chi connectivity index (χ1v) is 10.8. The maximum absolute atomic E-state index is 5.83. The Morgan fingerprint density at radius 3 is 2.00 bits per heavy atom. The molecule has 0 amide bonds. The summed E-state index contributed by atoms with van der Waals surface area (Å²) in [7, 11) is 0. The molecule has 0 atom stereocenters. The highest BCUT2D eigenvalue weighted by Gasteiger charge is 2.24. The van der Waals surface area contributed by atoms with Gasteiger partial charge in [0.15, 0.2) is 0 Å². The molecule has 0 N–H and O–H groups in total. The molecule has 2 rings (SSSR count). The number of rotatable bonds is 9. The first-order chi connectivity index (χ1) is 11.8. The lowest BCUT2D eigenvalue weighted by atomic mass is 9.77. The van der Waals surface area contributed by atoms with Crippen LogP contribution in [-0.2, 0) is 4.74 Å². The third kappa shape index (κ3) is 7.45. The molecule has 0 saturated heterocycles. The minimum atomic E-state index is 0.495. The van der Waals surface area contributed by atoms with Crippen molar-refractivity contribution in [2.24, 2.45) is 17.8 Å². The van der Waals surface area contributed by atoms with Crippen molar-refractivity contribution in [1.29, 1.82) is 0 Å². The van der Waals surface area contributed by atoms with Crippen LogP contribution in [0.5, 0.6) is 0 Å². The zero-order valence-corrected chi connectivity index (χ0v) is 16.2. The van der Waals surface area contributed by atoms with Gasteiger partial charge in [0, 0.05) is 0 Å². The maximum Gasteiger partial charge on any atom is 0.0978 e. The summed E-state index contributed by atoms with van der Waals surface area (Å²) in [5.41, 5.74) is 0. The van der Waals surface area contributed by atoms with Crippen LogP contribution in [-0.4, -0.2) is 6.10 Å². The van der Waals surface area contributed by atoms with E-state index in [0.29, 0.717) is 6.10 Å². The minimum absolute atomic E-state index is 0.495. The Morgan fingerprint density at radius 2 is 1.42 bits per heavy atom. The van der Waals surface area contributed by atoms with Crippen LogP contribution in [0, 0.1) is 17.8 Å². The average Bonchev–Trinajstić information content (AvgIpc) is 2.63. The summed E-state index contributed by atoms with van der Waals surface area (Å²) in [6.07, 6.45) is 27.2. The molecule has 0 aromatic rings. The number of hydrogen-bond acceptors (Lipinski definition) is 1. The molecular weight excluding hydrogens is 292 g/mol. The zero-order valence-electron chi connectivity index (χ0n) is 16.2. The molecule has 0 spiro atoms. The third-order valence-corrected chi connectivity index (χ3v) is 6.13. The fourth-order valence-electron chi connectivity index (χ4n) is 4.42. The second kappa shape index (κ2) is 11.8. The normalized spacial score (nSPS) is 31.8. The van der Waals surface area contributed by atoms with Crippen LogP contribution in [0.25, 0.3) is 0 Å². The topological polar surface area (TPSA) is 9.23 Å². The van der Waals surface area contributed by atoms with Crippen LogP contribution in [0.2, 0.25) is 0 Å². The van der Waals surface area contributed by atoms with Crippen LogP contribution >= 0.6 is 0 Å². The SMILES string of the molecule is CCC=COC1CCC(CCC2CCC(C=CCCC)CC2)CC1. The van der Waals surface area contributed by atoms with Gasteiger partial charge in [-0.05, 0) is 82.0 Å². The summed E-state index contributed by atoms with van der Waals surface area (Å²) in [4.78, 5) is 0. The summed E-state index contributed by atoms with van der Waals surface area (Å²) < 4.78 is 5.83. The first kappa shape index (κ1) is 19.6. The highest BCUT2D eigenvalue weighted by Crippen LogP contribution is 2.36. The molecule has 2 fully saturated rings. The van der Waals surface area contributed by atoms with Gasteiger partial charge in [-0.25, -0.2) is 0 Å². The van der Waals surface area contributed by atoms with Crippen molar-refractivity contribution in [1.82, 2.24) is 0 Å². The molecule has 2 aliphatic rings. The van der Waals surface area contributed by atoms with Gasteiger partial charge in [0.1, 0.15) is 0 Å². The van der Waals surface area contributed by atoms with Crippen LogP contribution in [0.3, 0.4) is 0 Å². The van der Waals surface area contributed by atoms with Crippen molar-refractivity contribution in [3.05, 3.63) is 24.5 Å². The standard InChI is InChI=1S/C23H40O/c1-3-5-7-8-20-9-11-21(12-10-20)13-14-22-15-17-23(18-16-22)24-19-6-4-2/h6-8,19-23H,3-5,9-18H2,1-2H3. The van der Waals surface area contributed by atoms with Crippen LogP contribution in [0.15, 0.2) is 24.5 Å². The van der Waals surface area contributed by atoms with E-state index in [0.717, 1.165) is 24.2 Å². The molecule has 0 bridgehead atoms. The number of ether oxygens (including phenoxy) is 1. The van der Waals surface area contributed by atoms with E-state index in [-0.39, 0.29) is 0 Å². The molecule has 2 aliphatic carbocycles. The predicted molar refractivity (Wildman–Crippen MR) is 105 cm³/mol. The van der Waals surface area contributed by atoms with Crippen molar-refractivity contribution in [2.45, 2.75) is 103 Å². The second-order valence-corrected chi connectivity index (χ2v) is 8.13. The highest BCUT2D eigenvalue weighted by atomic mass is 16.5. The summed E-state index contributed by atoms with van der Waals surface area (Å²) in [5, 5.41) is 0. The molecule has 0 radical (unpaired) electrons. The summed E-state index contributed by atoms with van der Waals surface area (Å²) in [6, 6.07) is 0. The fraction of sp³-hybridized carbons (Fsp3) is 0.826. The number of allylic oxidation sites excluding steroid dienone is 3. The van der Waals surface area contributed by atoms with Crippen molar-refractivity contribution >= 4 is 0 Å². The Hall–Kier alpha value is -0.720. The van der Waals surface area contributed by atoms with Crippen molar-refractivity contribution in [3.8, 4) is 0 Å². The second-order valence-electron chi connectivity index (χ2n) is 8.13. The molecule has 0 unspecified atom stereocenters. The van der Waals surface area contributed by atoms with E-state index in [1.54, 1.807) is 0 Å². The number of unbranched alkanes of at least 4 members (excludes halogenated alkanes) is 1. The molecule has 0 aliphatic heterocycles. The molecule has 1 heteroatoms. The maximum atomic E-state index is 5.83. The van der Waals surface area contributed by atoms with Gasteiger partial charge in [-0.2, -0.15) is 0 Å². The lowest BCUT2D eigenvalue weighted by Crippen LogP contribution is -2.21. The molecule has 0 aromatic carbocycles. The molecule has 0 aromatic heterocycles. The van der Waals surface area contributed by atoms with Crippen LogP contribution in [0.1, 0.15) is 97.3 Å². The van der Waals surface area contributed by atoms with Gasteiger partial charge in [-0.3, -0.25) is 0 Å². The van der Waals surface area contributed by atoms with E-state index in [9.17, 15) is 0 Å². The Morgan fingerprint density at radius 1 is 0.792 bits per heavy atom. The summed E-state index contributed by atoms with van der Waals surface area (Å²) >= 11 is 0. The Balaban J connectivity index is 1.55. The van der Waals surface area contributed by atoms with E-state index in [2.05, 4.69) is 32.1 Å². The molecule has 2 saturated carbocycles. The van der Waals surface area contributed by atoms with Gasteiger partial charge in [0.25, 0.3) is 0 Å². The van der Waals surface area contributed by atoms with Gasteiger partial charge >= 0.3 is 0 Å². The van der Waals surface area contributed by atoms with Crippen LogP contribution in [0.4, 0.5) is 0 Å². The van der Waals surface area contributed by atoms with Gasteiger partial charge in [0.05, 0.1) is 12.4 Å². The lowest BCUT2D eigenvalue weighted by Gasteiger charge is -2.31. The predicted octanol–water partition coefficient (Wildman–Crippen LogP) is 7.43. The highest BCUT2D eigenvalue weighted by molar-refractivity contribution is 4.91. The van der Waals surface area contributed by atoms with Gasteiger partial charge in [-0.1, -0.05) is 51.3 Å². The van der Waals surface area contributed by atoms with Gasteiger partial charge in [0.2, 0.25) is 0 Å². The first-order valence-electron chi connectivity index (χ1n) is 10.8. The molecule has 24 heavy (non-hydrogen) atoms. The number of hydrogen-bond donors (Lipinski definition) is 0. The zero-order chi connectivity index (χ0) is 17.0. The minimum Gasteiger partial charge on any atom is -0.498 e. The molecule has 0 heterocycles. The van der Waals surface area contributed by atoms with Crippen molar-refractivity contribution in [3.63, 3.8) is 0 Å². The third-order valence-electron chi connectivity index (χ3n) is 6.13. The van der Waals surface area contributed by atoms with Gasteiger partial charge in [-0.15, -0.1) is 0 Å². The van der Waals surface area contributed by atoms with E-state index >= 15 is 0 Å². The monoisotopic (exact) mass is 332 g/mol. The molecule has 138 valence electrons. The summed E-state index contributed by atoms with van der Waals surface area (Å²) in [5.74, 6) is 2.88. The quantitative estimate of drug-likeness (QED) is 0.315. The van der Waals surface area contributed by atoms with Gasteiger partial charge < -0.3 is 4.74 Å². The largest absolute Gasteiger partial charge is 0.498 e. The Bertz CT molecular complexity index is 354. The van der Waals surface area contributed by atoms with Crippen LogP contribution < -0.4 is 0 Å². The van der Waals surface area contributed by atoms with E-state index in [4.69, 9.17) is 4.74 Å². The average molecular weight is 333 g/mol. The molecule has 1 nitrogen and oxygen atoms in total. The lowest BCUT2D eigenvalue weighted by molar-refractivity contribution is 0.0839. The summed E-state index contributed by atoms with van der Waals surface area (Å²) in [6.45, 7) is 4.43. The van der Waals surface area contributed by atoms with Crippen molar-refractivity contribution in [2.75, 3.05) is 0 Å². The Labute approximate surface area is 150 Å². The van der Waals surface area contributed by atoms with E-state index in [1.807, 2.05) is 6.26 Å².